The summed E-state index contributed by atoms with van der Waals surface area (Å²) < 4.78 is 40.5. The van der Waals surface area contributed by atoms with E-state index in [1.165, 1.54) is 6.07 Å². The zero-order chi connectivity index (χ0) is 15.6. The summed E-state index contributed by atoms with van der Waals surface area (Å²) in [6.07, 6.45) is 0.117. The lowest BCUT2D eigenvalue weighted by molar-refractivity contribution is 0.462. The van der Waals surface area contributed by atoms with Crippen LogP contribution in [0.4, 0.5) is 13.2 Å². The van der Waals surface area contributed by atoms with Gasteiger partial charge in [0.15, 0.2) is 0 Å². The highest BCUT2D eigenvalue weighted by Crippen LogP contribution is 2.28. The first-order chi connectivity index (χ1) is 9.92. The van der Waals surface area contributed by atoms with E-state index >= 15 is 0 Å². The van der Waals surface area contributed by atoms with Crippen LogP contribution in [-0.4, -0.2) is 0 Å². The van der Waals surface area contributed by atoms with E-state index in [0.29, 0.717) is 27.7 Å². The number of hydrazine groups is 1. The highest BCUT2D eigenvalue weighted by atomic mass is 35.5. The molecule has 0 aromatic heterocycles. The topological polar surface area (TPSA) is 38.0 Å². The van der Waals surface area contributed by atoms with Gasteiger partial charge < -0.3 is 0 Å². The monoisotopic (exact) mass is 334 g/mol. The molecule has 1 atom stereocenters. The predicted octanol–water partition coefficient (Wildman–Crippen LogP) is 4.16. The molecule has 2 nitrogen and oxygen atoms in total. The van der Waals surface area contributed by atoms with Gasteiger partial charge in [0.2, 0.25) is 0 Å². The SMILES string of the molecule is NNC(Cc1ccc(Cl)cc1Cl)c1c(F)cc(F)cc1F. The van der Waals surface area contributed by atoms with E-state index in [0.717, 1.165) is 0 Å². The zero-order valence-corrected chi connectivity index (χ0v) is 12.2. The molecule has 0 radical (unpaired) electrons. The first-order valence-electron chi connectivity index (χ1n) is 5.97. The first-order valence-corrected chi connectivity index (χ1v) is 6.72. The molecule has 2 aromatic carbocycles. The average Bonchev–Trinajstić information content (AvgIpc) is 2.39. The van der Waals surface area contributed by atoms with Crippen LogP contribution < -0.4 is 11.3 Å². The molecule has 0 saturated heterocycles. The Morgan fingerprint density at radius 3 is 2.19 bits per heavy atom. The van der Waals surface area contributed by atoms with Crippen molar-refractivity contribution in [2.75, 3.05) is 0 Å². The first kappa shape index (κ1) is 16.1. The second-order valence-electron chi connectivity index (χ2n) is 4.44. The summed E-state index contributed by atoms with van der Waals surface area (Å²) in [6.45, 7) is 0. The number of hydrogen-bond acceptors (Lipinski definition) is 2. The fraction of sp³-hybridized carbons (Fsp3) is 0.143. The van der Waals surface area contributed by atoms with Gasteiger partial charge >= 0.3 is 0 Å². The lowest BCUT2D eigenvalue weighted by Crippen LogP contribution is -2.31. The maximum Gasteiger partial charge on any atom is 0.133 e. The lowest BCUT2D eigenvalue weighted by Gasteiger charge is -2.18. The molecule has 0 aliphatic carbocycles. The molecule has 0 amide bonds. The van der Waals surface area contributed by atoms with Crippen LogP contribution in [0.15, 0.2) is 30.3 Å². The van der Waals surface area contributed by atoms with Gasteiger partial charge in [0.1, 0.15) is 17.5 Å². The van der Waals surface area contributed by atoms with Gasteiger partial charge in [0.05, 0.1) is 6.04 Å². The molecule has 2 aromatic rings. The van der Waals surface area contributed by atoms with E-state index in [-0.39, 0.29) is 12.0 Å². The molecule has 7 heteroatoms. The summed E-state index contributed by atoms with van der Waals surface area (Å²) in [7, 11) is 0. The van der Waals surface area contributed by atoms with Crippen LogP contribution in [0.5, 0.6) is 0 Å². The van der Waals surface area contributed by atoms with Gasteiger partial charge in [-0.05, 0) is 24.1 Å². The van der Waals surface area contributed by atoms with Crippen molar-refractivity contribution < 1.29 is 13.2 Å². The molecule has 0 saturated carbocycles. The summed E-state index contributed by atoms with van der Waals surface area (Å²) in [6, 6.07) is 5.06. The molecule has 0 aliphatic heterocycles. The summed E-state index contributed by atoms with van der Waals surface area (Å²) in [4.78, 5) is 0. The second kappa shape index (κ2) is 6.66. The Hall–Kier alpha value is -1.27. The van der Waals surface area contributed by atoms with Gasteiger partial charge in [-0.3, -0.25) is 11.3 Å². The molecule has 112 valence electrons. The van der Waals surface area contributed by atoms with Crippen molar-refractivity contribution in [1.29, 1.82) is 0 Å². The number of rotatable bonds is 4. The van der Waals surface area contributed by atoms with Crippen LogP contribution in [0, 0.1) is 17.5 Å². The fourth-order valence-corrected chi connectivity index (χ4v) is 2.52. The number of benzene rings is 2. The van der Waals surface area contributed by atoms with Crippen LogP contribution in [-0.2, 0) is 6.42 Å². The summed E-state index contributed by atoms with van der Waals surface area (Å²) in [5.41, 5.74) is 2.58. The minimum absolute atomic E-state index is 0.117. The van der Waals surface area contributed by atoms with Crippen molar-refractivity contribution in [2.45, 2.75) is 12.5 Å². The van der Waals surface area contributed by atoms with Gasteiger partial charge in [-0.1, -0.05) is 29.3 Å². The van der Waals surface area contributed by atoms with Gasteiger partial charge in [-0.25, -0.2) is 13.2 Å². The summed E-state index contributed by atoms with van der Waals surface area (Å²) >= 11 is 11.8. The van der Waals surface area contributed by atoms with Crippen molar-refractivity contribution in [1.82, 2.24) is 5.43 Å². The van der Waals surface area contributed by atoms with E-state index in [4.69, 9.17) is 29.0 Å². The predicted molar refractivity (Wildman–Crippen MR) is 76.5 cm³/mol. The van der Waals surface area contributed by atoms with Gasteiger partial charge in [0, 0.05) is 27.7 Å². The number of halogens is 5. The number of hydrogen-bond donors (Lipinski definition) is 2. The standard InChI is InChI=1S/C14H11Cl2F3N2/c15-8-2-1-7(10(16)4-8)3-13(21-20)14-11(18)5-9(17)6-12(14)19/h1-2,4-6,13,21H,3,20H2. The van der Waals surface area contributed by atoms with Gasteiger partial charge in [0.25, 0.3) is 0 Å². The zero-order valence-electron chi connectivity index (χ0n) is 10.6. The quantitative estimate of drug-likeness (QED) is 0.650. The summed E-state index contributed by atoms with van der Waals surface area (Å²) in [5, 5.41) is 0.797. The Bertz CT molecular complexity index is 642. The Kier molecular flexibility index (Phi) is 5.11. The second-order valence-corrected chi connectivity index (χ2v) is 5.29. The third-order valence-corrected chi connectivity index (χ3v) is 3.62. The Balaban J connectivity index is 2.37. The third-order valence-electron chi connectivity index (χ3n) is 3.03. The van der Waals surface area contributed by atoms with E-state index < -0.39 is 23.5 Å². The molecule has 3 N–H and O–H groups in total. The molecule has 21 heavy (non-hydrogen) atoms. The van der Waals surface area contributed by atoms with Crippen molar-refractivity contribution in [2.24, 2.45) is 5.84 Å². The highest BCUT2D eigenvalue weighted by molar-refractivity contribution is 6.35. The molecule has 0 fully saturated rings. The maximum atomic E-state index is 13.8. The lowest BCUT2D eigenvalue weighted by atomic mass is 9.98. The minimum atomic E-state index is -1.01. The third kappa shape index (κ3) is 3.68. The largest absolute Gasteiger partial charge is 0.271 e. The molecule has 1 unspecified atom stereocenters. The molecule has 2 rings (SSSR count). The van der Waals surface area contributed by atoms with Crippen LogP contribution in [0.2, 0.25) is 10.0 Å². The Morgan fingerprint density at radius 1 is 1.05 bits per heavy atom. The van der Waals surface area contributed by atoms with Gasteiger partial charge in [-0.15, -0.1) is 0 Å². The van der Waals surface area contributed by atoms with Crippen LogP contribution >= 0.6 is 23.2 Å². The molecule has 0 aliphatic rings. The molecular formula is C14H11Cl2F3N2. The Morgan fingerprint density at radius 2 is 1.67 bits per heavy atom. The van der Waals surface area contributed by atoms with Crippen molar-refractivity contribution in [3.8, 4) is 0 Å². The van der Waals surface area contributed by atoms with Gasteiger partial charge in [-0.2, -0.15) is 0 Å². The maximum absolute atomic E-state index is 13.8. The van der Waals surface area contributed by atoms with Crippen LogP contribution in [0.25, 0.3) is 0 Å². The van der Waals surface area contributed by atoms with Crippen molar-refractivity contribution in [3.63, 3.8) is 0 Å². The van der Waals surface area contributed by atoms with Crippen LogP contribution in [0.3, 0.4) is 0 Å². The minimum Gasteiger partial charge on any atom is -0.271 e. The van der Waals surface area contributed by atoms with Crippen LogP contribution in [0.1, 0.15) is 17.2 Å². The fourth-order valence-electron chi connectivity index (χ4n) is 2.04. The molecular weight excluding hydrogens is 324 g/mol. The number of nitrogens with two attached hydrogens (primary N) is 1. The summed E-state index contributed by atoms with van der Waals surface area (Å²) in [5.74, 6) is 2.34. The number of nitrogens with one attached hydrogen (secondary N) is 1. The average molecular weight is 335 g/mol. The van der Waals surface area contributed by atoms with E-state index in [9.17, 15) is 13.2 Å². The normalized spacial score (nSPS) is 12.5. The van der Waals surface area contributed by atoms with E-state index in [1.54, 1.807) is 12.1 Å². The van der Waals surface area contributed by atoms with E-state index in [1.807, 2.05) is 0 Å². The van der Waals surface area contributed by atoms with Crippen molar-refractivity contribution in [3.05, 3.63) is 69.0 Å². The van der Waals surface area contributed by atoms with Crippen molar-refractivity contribution >= 4 is 23.2 Å². The van der Waals surface area contributed by atoms with E-state index in [2.05, 4.69) is 5.43 Å². The highest BCUT2D eigenvalue weighted by Gasteiger charge is 2.21. The molecule has 0 bridgehead atoms. The molecule has 0 heterocycles. The molecule has 0 spiro atoms. The Labute approximate surface area is 129 Å². The smallest absolute Gasteiger partial charge is 0.133 e.